The molecule has 1 aliphatic heterocycles. The number of anilines is 1. The molecule has 1 aliphatic rings. The van der Waals surface area contributed by atoms with Gasteiger partial charge in [-0.3, -0.25) is 9.53 Å². The van der Waals surface area contributed by atoms with Crippen molar-refractivity contribution < 1.29 is 36.9 Å². The smallest absolute Gasteiger partial charge is 0.493 e. The van der Waals surface area contributed by atoms with Gasteiger partial charge in [0.25, 0.3) is 5.91 Å². The number of ether oxygens (including phenoxy) is 4. The zero-order valence-electron chi connectivity index (χ0n) is 28.7. The minimum absolute atomic E-state index is 0.0260. The van der Waals surface area contributed by atoms with Gasteiger partial charge < -0.3 is 33.9 Å². The Morgan fingerprint density at radius 1 is 0.960 bits per heavy atom. The molecule has 0 saturated carbocycles. The SMILES string of the molecule is COc1cc(C(=O)NCC(CCN2CCCN(c3nc4ccccc4n3CCOC(F)(F)F)CC2)c2cccc(Cl)c2)c(C)c(OC)c1OC. The number of aromatic nitrogens is 2. The molecule has 14 heteroatoms. The molecule has 1 saturated heterocycles. The number of fused-ring (bicyclic) bond motifs is 1. The third-order valence-corrected chi connectivity index (χ3v) is 9.27. The van der Waals surface area contributed by atoms with E-state index in [0.717, 1.165) is 49.1 Å². The van der Waals surface area contributed by atoms with E-state index in [1.54, 1.807) is 13.0 Å². The maximum atomic E-state index is 13.6. The highest BCUT2D eigenvalue weighted by Gasteiger charge is 2.29. The van der Waals surface area contributed by atoms with E-state index >= 15 is 0 Å². The molecule has 1 amide bonds. The number of halogens is 4. The van der Waals surface area contributed by atoms with Crippen LogP contribution in [-0.4, -0.2) is 93.9 Å². The second-order valence-corrected chi connectivity index (χ2v) is 12.5. The molecule has 2 heterocycles. The number of hydrogen-bond acceptors (Lipinski definition) is 8. The molecule has 0 bridgehead atoms. The molecule has 0 radical (unpaired) electrons. The Hall–Kier alpha value is -4.20. The van der Waals surface area contributed by atoms with Crippen LogP contribution in [0.1, 0.15) is 40.2 Å². The first kappa shape index (κ1) is 37.1. The maximum Gasteiger partial charge on any atom is 0.522 e. The lowest BCUT2D eigenvalue weighted by Gasteiger charge is -2.26. The Morgan fingerprint density at radius 2 is 1.74 bits per heavy atom. The molecule has 50 heavy (non-hydrogen) atoms. The molecular weight excluding hydrogens is 675 g/mol. The van der Waals surface area contributed by atoms with Crippen LogP contribution in [0.15, 0.2) is 54.6 Å². The fraction of sp³-hybridized carbons (Fsp3) is 0.444. The molecule has 1 fully saturated rings. The van der Waals surface area contributed by atoms with Crippen molar-refractivity contribution in [2.75, 3.05) is 72.1 Å². The van der Waals surface area contributed by atoms with Gasteiger partial charge in [0, 0.05) is 54.8 Å². The van der Waals surface area contributed by atoms with Gasteiger partial charge in [-0.2, -0.15) is 0 Å². The molecule has 5 rings (SSSR count). The normalized spacial score (nSPS) is 14.8. The fourth-order valence-corrected chi connectivity index (χ4v) is 6.70. The molecule has 0 spiro atoms. The summed E-state index contributed by atoms with van der Waals surface area (Å²) in [6.45, 7) is 5.41. The fourth-order valence-electron chi connectivity index (χ4n) is 6.50. The first-order chi connectivity index (χ1) is 24.0. The van der Waals surface area contributed by atoms with Gasteiger partial charge in [0.2, 0.25) is 11.7 Å². The molecule has 1 aromatic heterocycles. The first-order valence-corrected chi connectivity index (χ1v) is 16.9. The lowest BCUT2D eigenvalue weighted by Crippen LogP contribution is -2.34. The van der Waals surface area contributed by atoms with Gasteiger partial charge >= 0.3 is 6.36 Å². The van der Waals surface area contributed by atoms with Crippen LogP contribution in [-0.2, 0) is 11.3 Å². The highest BCUT2D eigenvalue weighted by Crippen LogP contribution is 2.41. The summed E-state index contributed by atoms with van der Waals surface area (Å²) in [5.41, 5.74) is 3.57. The Kier molecular flexibility index (Phi) is 12.4. The van der Waals surface area contributed by atoms with E-state index in [9.17, 15) is 18.0 Å². The summed E-state index contributed by atoms with van der Waals surface area (Å²) in [7, 11) is 4.55. The van der Waals surface area contributed by atoms with Crippen molar-refractivity contribution in [1.29, 1.82) is 0 Å². The van der Waals surface area contributed by atoms with Gasteiger partial charge in [-0.25, -0.2) is 4.98 Å². The number of amides is 1. The Bertz CT molecular complexity index is 1770. The van der Waals surface area contributed by atoms with Crippen molar-refractivity contribution in [3.63, 3.8) is 0 Å². The Balaban J connectivity index is 1.27. The number of methoxy groups -OCH3 is 3. The third-order valence-electron chi connectivity index (χ3n) is 9.03. The minimum atomic E-state index is -4.69. The number of rotatable bonds is 14. The van der Waals surface area contributed by atoms with Crippen molar-refractivity contribution in [3.8, 4) is 17.2 Å². The number of carbonyl (C=O) groups is 1. The van der Waals surface area contributed by atoms with Crippen LogP contribution in [0.4, 0.5) is 19.1 Å². The van der Waals surface area contributed by atoms with Gasteiger partial charge in [0.1, 0.15) is 0 Å². The number of carbonyl (C=O) groups excluding carboxylic acids is 1. The minimum Gasteiger partial charge on any atom is -0.493 e. The monoisotopic (exact) mass is 717 g/mol. The van der Waals surface area contributed by atoms with Crippen LogP contribution in [0.2, 0.25) is 5.02 Å². The van der Waals surface area contributed by atoms with E-state index in [1.165, 1.54) is 21.3 Å². The summed E-state index contributed by atoms with van der Waals surface area (Å²) in [6, 6.07) is 16.8. The molecule has 1 atom stereocenters. The number of alkyl halides is 3. The summed E-state index contributed by atoms with van der Waals surface area (Å²) < 4.78 is 60.7. The zero-order valence-corrected chi connectivity index (χ0v) is 29.4. The molecule has 1 N–H and O–H groups in total. The standard InChI is InChI=1S/C36H43ClF3N5O5/c1-24-28(22-31(47-2)33(49-4)32(24)48-3)34(46)41-23-26(25-9-7-10-27(37)21-25)13-16-43-14-8-15-44(18-17-43)35-42-29-11-5-6-12-30(29)45(35)19-20-50-36(38,39)40/h5-7,9-12,21-22,26H,8,13-20,23H2,1-4H3,(H,41,46). The largest absolute Gasteiger partial charge is 0.522 e. The van der Waals surface area contributed by atoms with Crippen molar-refractivity contribution >= 4 is 34.5 Å². The van der Waals surface area contributed by atoms with Gasteiger partial charge in [-0.05, 0) is 68.8 Å². The van der Waals surface area contributed by atoms with Crippen LogP contribution in [0.3, 0.4) is 0 Å². The lowest BCUT2D eigenvalue weighted by atomic mass is 9.95. The summed E-state index contributed by atoms with van der Waals surface area (Å²) >= 11 is 6.39. The Morgan fingerprint density at radius 3 is 2.46 bits per heavy atom. The van der Waals surface area contributed by atoms with E-state index in [0.29, 0.717) is 59.0 Å². The highest BCUT2D eigenvalue weighted by atomic mass is 35.5. The summed E-state index contributed by atoms with van der Waals surface area (Å²) in [6.07, 6.45) is -3.09. The van der Waals surface area contributed by atoms with Crippen LogP contribution in [0.5, 0.6) is 17.2 Å². The molecule has 4 aromatic rings. The molecule has 1 unspecified atom stereocenters. The van der Waals surface area contributed by atoms with Crippen LogP contribution >= 0.6 is 11.6 Å². The average molecular weight is 718 g/mol. The van der Waals surface area contributed by atoms with Crippen LogP contribution in [0, 0.1) is 6.92 Å². The quantitative estimate of drug-likeness (QED) is 0.155. The van der Waals surface area contributed by atoms with Gasteiger partial charge in [-0.15, -0.1) is 13.2 Å². The van der Waals surface area contributed by atoms with Crippen molar-refractivity contribution in [2.24, 2.45) is 0 Å². The maximum absolute atomic E-state index is 13.6. The van der Waals surface area contributed by atoms with Gasteiger partial charge in [-0.1, -0.05) is 35.9 Å². The number of hydrogen-bond donors (Lipinski definition) is 1. The van der Waals surface area contributed by atoms with Crippen LogP contribution in [0.25, 0.3) is 11.0 Å². The topological polar surface area (TPSA) is 90.3 Å². The number of nitrogens with zero attached hydrogens (tertiary/aromatic N) is 4. The molecule has 270 valence electrons. The predicted molar refractivity (Wildman–Crippen MR) is 187 cm³/mol. The average Bonchev–Trinajstić information content (AvgIpc) is 3.29. The molecular formula is C36H43ClF3N5O5. The number of nitrogens with one attached hydrogen (secondary N) is 1. The number of imidazole rings is 1. The van der Waals surface area contributed by atoms with Crippen molar-refractivity contribution in [3.05, 3.63) is 76.3 Å². The lowest BCUT2D eigenvalue weighted by molar-refractivity contribution is -0.325. The van der Waals surface area contributed by atoms with E-state index in [2.05, 4.69) is 19.9 Å². The Labute approximate surface area is 295 Å². The van der Waals surface area contributed by atoms with Crippen molar-refractivity contribution in [1.82, 2.24) is 19.8 Å². The van der Waals surface area contributed by atoms with E-state index in [1.807, 2.05) is 53.1 Å². The summed E-state index contributed by atoms with van der Waals surface area (Å²) in [5.74, 6) is 1.60. The second kappa shape index (κ2) is 16.7. The number of benzene rings is 3. The summed E-state index contributed by atoms with van der Waals surface area (Å²) in [4.78, 5) is 22.9. The van der Waals surface area contributed by atoms with Crippen molar-refractivity contribution in [2.45, 2.75) is 38.6 Å². The molecule has 0 aliphatic carbocycles. The van der Waals surface area contributed by atoms with E-state index in [4.69, 9.17) is 30.8 Å². The third kappa shape index (κ3) is 8.93. The molecule has 10 nitrogen and oxygen atoms in total. The van der Waals surface area contributed by atoms with Crippen LogP contribution < -0.4 is 24.4 Å². The first-order valence-electron chi connectivity index (χ1n) is 16.5. The van der Waals surface area contributed by atoms with E-state index in [-0.39, 0.29) is 18.4 Å². The summed E-state index contributed by atoms with van der Waals surface area (Å²) in [5, 5.41) is 3.74. The van der Waals surface area contributed by atoms with E-state index < -0.39 is 13.0 Å². The zero-order chi connectivity index (χ0) is 35.8. The van der Waals surface area contributed by atoms with Gasteiger partial charge in [0.15, 0.2) is 11.5 Å². The highest BCUT2D eigenvalue weighted by molar-refractivity contribution is 6.30. The molecule has 3 aromatic carbocycles. The second-order valence-electron chi connectivity index (χ2n) is 12.1. The number of para-hydroxylation sites is 2. The van der Waals surface area contributed by atoms with Gasteiger partial charge in [0.05, 0.1) is 39.0 Å². The predicted octanol–water partition coefficient (Wildman–Crippen LogP) is 6.68.